The maximum absolute atomic E-state index is 2.60. The van der Waals surface area contributed by atoms with Crippen molar-refractivity contribution in [2.75, 3.05) is 33.7 Å². The largest absolute Gasteiger partial charge is 0.309 e. The van der Waals surface area contributed by atoms with Crippen molar-refractivity contribution in [1.29, 1.82) is 0 Å². The molecule has 0 bridgehead atoms. The Bertz CT molecular complexity index is 244. The first-order chi connectivity index (χ1) is 8.10. The molecule has 108 valence electrons. The minimum absolute atomic E-state index is 0.372. The van der Waals surface area contributed by atoms with E-state index in [9.17, 15) is 0 Å². The second-order valence-corrected chi connectivity index (χ2v) is 8.20. The van der Waals surface area contributed by atoms with Crippen molar-refractivity contribution >= 4 is 0 Å². The lowest BCUT2D eigenvalue weighted by Crippen LogP contribution is -2.55. The zero-order valence-electron chi connectivity index (χ0n) is 13.7. The van der Waals surface area contributed by atoms with Crippen LogP contribution in [0.5, 0.6) is 0 Å². The lowest BCUT2D eigenvalue weighted by Gasteiger charge is -2.48. The van der Waals surface area contributed by atoms with Gasteiger partial charge in [-0.1, -0.05) is 13.8 Å². The van der Waals surface area contributed by atoms with Crippen LogP contribution in [0.15, 0.2) is 0 Å². The highest BCUT2D eigenvalue weighted by molar-refractivity contribution is 4.89. The van der Waals surface area contributed by atoms with Gasteiger partial charge in [-0.2, -0.15) is 0 Å². The van der Waals surface area contributed by atoms with Crippen LogP contribution in [0.2, 0.25) is 0 Å². The quantitative estimate of drug-likeness (QED) is 0.716. The van der Waals surface area contributed by atoms with Crippen molar-refractivity contribution in [1.82, 2.24) is 9.80 Å². The molecule has 0 aromatic carbocycles. The van der Waals surface area contributed by atoms with Gasteiger partial charge in [0.05, 0.1) is 0 Å². The summed E-state index contributed by atoms with van der Waals surface area (Å²) >= 11 is 0. The molecule has 18 heavy (non-hydrogen) atoms. The van der Waals surface area contributed by atoms with E-state index in [1.807, 2.05) is 0 Å². The monoisotopic (exact) mass is 254 g/mol. The third-order valence-electron chi connectivity index (χ3n) is 4.37. The molecule has 0 unspecified atom stereocenters. The lowest BCUT2D eigenvalue weighted by atomic mass is 9.79. The SMILES string of the molecule is CN(C)CCC(C)(C)CCC1CN(C(C)(C)C)C1. The van der Waals surface area contributed by atoms with Crippen molar-refractivity contribution in [2.24, 2.45) is 11.3 Å². The predicted molar refractivity (Wildman–Crippen MR) is 81.0 cm³/mol. The van der Waals surface area contributed by atoms with Gasteiger partial charge in [-0.05, 0) is 72.0 Å². The van der Waals surface area contributed by atoms with Crippen molar-refractivity contribution in [3.63, 3.8) is 0 Å². The first-order valence-corrected chi connectivity index (χ1v) is 7.50. The highest BCUT2D eigenvalue weighted by Gasteiger charge is 2.34. The van der Waals surface area contributed by atoms with Gasteiger partial charge in [0.15, 0.2) is 0 Å². The third-order valence-corrected chi connectivity index (χ3v) is 4.37. The van der Waals surface area contributed by atoms with Crippen molar-refractivity contribution in [2.45, 2.75) is 59.4 Å². The van der Waals surface area contributed by atoms with Gasteiger partial charge >= 0.3 is 0 Å². The molecule has 1 fully saturated rings. The van der Waals surface area contributed by atoms with Crippen LogP contribution in [0.3, 0.4) is 0 Å². The van der Waals surface area contributed by atoms with Gasteiger partial charge in [-0.15, -0.1) is 0 Å². The van der Waals surface area contributed by atoms with Crippen LogP contribution in [0.4, 0.5) is 0 Å². The summed E-state index contributed by atoms with van der Waals surface area (Å²) < 4.78 is 0. The minimum atomic E-state index is 0.372. The van der Waals surface area contributed by atoms with Crippen LogP contribution in [0, 0.1) is 11.3 Å². The van der Waals surface area contributed by atoms with Gasteiger partial charge in [0.1, 0.15) is 0 Å². The summed E-state index contributed by atoms with van der Waals surface area (Å²) in [5.74, 6) is 0.947. The normalized spacial score (nSPS) is 19.3. The van der Waals surface area contributed by atoms with Crippen LogP contribution >= 0.6 is 0 Å². The highest BCUT2D eigenvalue weighted by atomic mass is 15.2. The van der Waals surface area contributed by atoms with E-state index in [1.54, 1.807) is 0 Å². The maximum atomic E-state index is 2.60. The fourth-order valence-electron chi connectivity index (χ4n) is 2.55. The molecule has 0 N–H and O–H groups in total. The predicted octanol–water partition coefficient (Wildman–Crippen LogP) is 3.47. The van der Waals surface area contributed by atoms with E-state index in [-0.39, 0.29) is 0 Å². The molecule has 2 nitrogen and oxygen atoms in total. The minimum Gasteiger partial charge on any atom is -0.309 e. The highest BCUT2D eigenvalue weighted by Crippen LogP contribution is 2.33. The van der Waals surface area contributed by atoms with E-state index in [0.717, 1.165) is 5.92 Å². The Morgan fingerprint density at radius 3 is 2.00 bits per heavy atom. The summed E-state index contributed by atoms with van der Waals surface area (Å²) in [4.78, 5) is 4.90. The molecule has 0 amide bonds. The summed E-state index contributed by atoms with van der Waals surface area (Å²) in [5.41, 5.74) is 0.878. The van der Waals surface area contributed by atoms with Crippen LogP contribution in [0.25, 0.3) is 0 Å². The molecule has 2 heteroatoms. The van der Waals surface area contributed by atoms with Crippen molar-refractivity contribution < 1.29 is 0 Å². The first kappa shape index (κ1) is 16.0. The summed E-state index contributed by atoms with van der Waals surface area (Å²) in [7, 11) is 4.34. The van der Waals surface area contributed by atoms with Gasteiger partial charge in [0.2, 0.25) is 0 Å². The second-order valence-electron chi connectivity index (χ2n) is 8.20. The number of likely N-dealkylation sites (tertiary alicyclic amines) is 1. The van der Waals surface area contributed by atoms with Gasteiger partial charge in [-0.25, -0.2) is 0 Å². The van der Waals surface area contributed by atoms with Gasteiger partial charge in [0.25, 0.3) is 0 Å². The van der Waals surface area contributed by atoms with E-state index in [2.05, 4.69) is 58.5 Å². The summed E-state index contributed by atoms with van der Waals surface area (Å²) in [5, 5.41) is 0. The molecular formula is C16H34N2. The Hall–Kier alpha value is -0.0800. The van der Waals surface area contributed by atoms with Crippen LogP contribution in [-0.2, 0) is 0 Å². The van der Waals surface area contributed by atoms with Crippen LogP contribution in [0.1, 0.15) is 53.9 Å². The molecular weight excluding hydrogens is 220 g/mol. The Kier molecular flexibility index (Phi) is 5.25. The zero-order valence-corrected chi connectivity index (χ0v) is 13.7. The molecule has 1 rings (SSSR count). The Morgan fingerprint density at radius 2 is 1.56 bits per heavy atom. The number of hydrogen-bond acceptors (Lipinski definition) is 2. The smallest absolute Gasteiger partial charge is 0.0125 e. The van der Waals surface area contributed by atoms with E-state index in [0.29, 0.717) is 11.0 Å². The Balaban J connectivity index is 2.19. The average molecular weight is 254 g/mol. The molecule has 1 saturated heterocycles. The van der Waals surface area contributed by atoms with E-state index < -0.39 is 0 Å². The molecule has 0 aliphatic carbocycles. The molecule has 1 aliphatic heterocycles. The Labute approximate surface area is 115 Å². The molecule has 1 heterocycles. The molecule has 0 aromatic heterocycles. The molecule has 0 radical (unpaired) electrons. The number of rotatable bonds is 6. The first-order valence-electron chi connectivity index (χ1n) is 7.50. The van der Waals surface area contributed by atoms with Crippen LogP contribution < -0.4 is 0 Å². The number of hydrogen-bond donors (Lipinski definition) is 0. The summed E-state index contributed by atoms with van der Waals surface area (Å²) in [6.45, 7) is 15.7. The van der Waals surface area contributed by atoms with E-state index in [4.69, 9.17) is 0 Å². The third kappa shape index (κ3) is 5.27. The fourth-order valence-corrected chi connectivity index (χ4v) is 2.55. The van der Waals surface area contributed by atoms with E-state index in [1.165, 1.54) is 38.9 Å². The molecule has 0 saturated carbocycles. The van der Waals surface area contributed by atoms with Gasteiger partial charge < -0.3 is 4.90 Å². The van der Waals surface area contributed by atoms with Crippen molar-refractivity contribution in [3.8, 4) is 0 Å². The number of nitrogens with zero attached hydrogens (tertiary/aromatic N) is 2. The van der Waals surface area contributed by atoms with Crippen LogP contribution in [-0.4, -0.2) is 49.1 Å². The van der Waals surface area contributed by atoms with Crippen molar-refractivity contribution in [3.05, 3.63) is 0 Å². The zero-order chi connectivity index (χ0) is 14.0. The average Bonchev–Trinajstić information content (AvgIpc) is 2.10. The second kappa shape index (κ2) is 5.92. The molecule has 0 atom stereocenters. The molecule has 0 aromatic rings. The fraction of sp³-hybridized carbons (Fsp3) is 1.00. The summed E-state index contributed by atoms with van der Waals surface area (Å²) in [6.07, 6.45) is 4.10. The molecule has 0 spiro atoms. The van der Waals surface area contributed by atoms with E-state index >= 15 is 0 Å². The maximum Gasteiger partial charge on any atom is 0.0125 e. The Morgan fingerprint density at radius 1 is 1.00 bits per heavy atom. The lowest BCUT2D eigenvalue weighted by molar-refractivity contribution is 0.00520. The van der Waals surface area contributed by atoms with Gasteiger partial charge in [0, 0.05) is 18.6 Å². The standard InChI is InChI=1S/C16H34N2/c1-15(2,3)18-12-14(13-18)8-9-16(4,5)10-11-17(6)7/h14H,8-13H2,1-7H3. The molecule has 1 aliphatic rings. The van der Waals surface area contributed by atoms with Gasteiger partial charge in [-0.3, -0.25) is 4.90 Å². The topological polar surface area (TPSA) is 6.48 Å². The summed E-state index contributed by atoms with van der Waals surface area (Å²) in [6, 6.07) is 0.